The molecule has 4 nitrogen and oxygen atoms in total. The molecule has 0 aliphatic carbocycles. The highest BCUT2D eigenvalue weighted by Crippen LogP contribution is 2.18. The Morgan fingerprint density at radius 2 is 2.25 bits per heavy atom. The normalized spacial score (nSPS) is 11.3. The first kappa shape index (κ1) is 12.8. The number of carbonyl (C=O) groups is 1. The van der Waals surface area contributed by atoms with E-state index in [-0.39, 0.29) is 5.13 Å². The fourth-order valence-electron chi connectivity index (χ4n) is 0.939. The van der Waals surface area contributed by atoms with Crippen LogP contribution in [0.4, 0.5) is 23.1 Å². The summed E-state index contributed by atoms with van der Waals surface area (Å²) < 4.78 is 35.9. The molecule has 0 saturated carbocycles. The highest BCUT2D eigenvalue weighted by atomic mass is 32.1. The summed E-state index contributed by atoms with van der Waals surface area (Å²) in [6, 6.07) is -0.827. The second kappa shape index (κ2) is 4.69. The number of nitrogens with zero attached hydrogens (tertiary/aromatic N) is 2. The van der Waals surface area contributed by atoms with E-state index in [0.717, 1.165) is 18.4 Å². The number of nitrogens with one attached hydrogen (secondary N) is 1. The van der Waals surface area contributed by atoms with Crippen molar-refractivity contribution in [2.24, 2.45) is 0 Å². The van der Waals surface area contributed by atoms with Gasteiger partial charge < -0.3 is 4.90 Å². The van der Waals surface area contributed by atoms with Crippen LogP contribution in [0.15, 0.2) is 5.38 Å². The van der Waals surface area contributed by atoms with Gasteiger partial charge in [-0.1, -0.05) is 0 Å². The number of anilines is 1. The van der Waals surface area contributed by atoms with Gasteiger partial charge in [0.05, 0.1) is 5.69 Å². The van der Waals surface area contributed by atoms with Crippen LogP contribution >= 0.6 is 11.3 Å². The van der Waals surface area contributed by atoms with E-state index in [1.54, 1.807) is 12.3 Å². The zero-order chi connectivity index (χ0) is 12.3. The standard InChI is InChI=1S/C8H10F3N3OS/c1-5-3-16-6(12-5)13-7(15)14(2)4-8(9,10)11/h3H,4H2,1-2H3,(H,12,13,15). The van der Waals surface area contributed by atoms with Crippen LogP contribution < -0.4 is 5.32 Å². The van der Waals surface area contributed by atoms with Crippen molar-refractivity contribution in [2.45, 2.75) is 13.1 Å². The van der Waals surface area contributed by atoms with E-state index in [9.17, 15) is 18.0 Å². The van der Waals surface area contributed by atoms with E-state index >= 15 is 0 Å². The van der Waals surface area contributed by atoms with E-state index in [1.165, 1.54) is 0 Å². The van der Waals surface area contributed by atoms with E-state index in [1.807, 2.05) is 0 Å². The molecule has 0 atom stereocenters. The maximum Gasteiger partial charge on any atom is 0.406 e. The van der Waals surface area contributed by atoms with Gasteiger partial charge in [0.25, 0.3) is 0 Å². The Kier molecular flexibility index (Phi) is 3.74. The average Bonchev–Trinajstić information content (AvgIpc) is 2.48. The molecule has 0 spiro atoms. The van der Waals surface area contributed by atoms with Gasteiger partial charge >= 0.3 is 12.2 Å². The molecule has 0 aromatic carbocycles. The first-order valence-electron chi connectivity index (χ1n) is 4.29. The van der Waals surface area contributed by atoms with Crippen molar-refractivity contribution < 1.29 is 18.0 Å². The highest BCUT2D eigenvalue weighted by molar-refractivity contribution is 7.13. The van der Waals surface area contributed by atoms with Crippen molar-refractivity contribution in [1.29, 1.82) is 0 Å². The molecule has 1 aromatic heterocycles. The first-order valence-corrected chi connectivity index (χ1v) is 5.17. The maximum atomic E-state index is 12.0. The third-order valence-electron chi connectivity index (χ3n) is 1.60. The van der Waals surface area contributed by atoms with Gasteiger partial charge in [-0.3, -0.25) is 5.32 Å². The lowest BCUT2D eigenvalue weighted by molar-refractivity contribution is -0.137. The Labute approximate surface area is 94.1 Å². The molecule has 90 valence electrons. The quantitative estimate of drug-likeness (QED) is 0.880. The van der Waals surface area contributed by atoms with Crippen LogP contribution in [0.2, 0.25) is 0 Å². The highest BCUT2D eigenvalue weighted by Gasteiger charge is 2.31. The smallest absolute Gasteiger partial charge is 0.318 e. The minimum atomic E-state index is -4.40. The molecule has 0 bridgehead atoms. The first-order chi connectivity index (χ1) is 7.28. The van der Waals surface area contributed by atoms with Crippen LogP contribution in [-0.4, -0.2) is 35.7 Å². The van der Waals surface area contributed by atoms with Gasteiger partial charge in [0, 0.05) is 12.4 Å². The number of halogens is 3. The SMILES string of the molecule is Cc1csc(NC(=O)N(C)CC(F)(F)F)n1. The summed E-state index contributed by atoms with van der Waals surface area (Å²) in [6.07, 6.45) is -4.40. The average molecular weight is 253 g/mol. The monoisotopic (exact) mass is 253 g/mol. The number of hydrogen-bond acceptors (Lipinski definition) is 3. The van der Waals surface area contributed by atoms with Crippen molar-refractivity contribution in [3.05, 3.63) is 11.1 Å². The van der Waals surface area contributed by atoms with Crippen LogP contribution in [0.3, 0.4) is 0 Å². The van der Waals surface area contributed by atoms with Crippen LogP contribution in [0.25, 0.3) is 0 Å². The Bertz CT molecular complexity index is 377. The summed E-state index contributed by atoms with van der Waals surface area (Å²) >= 11 is 1.16. The maximum absolute atomic E-state index is 12.0. The topological polar surface area (TPSA) is 45.2 Å². The lowest BCUT2D eigenvalue weighted by Crippen LogP contribution is -2.38. The number of hydrogen-bond donors (Lipinski definition) is 1. The molecular weight excluding hydrogens is 243 g/mol. The third kappa shape index (κ3) is 4.05. The van der Waals surface area contributed by atoms with Crippen LogP contribution in [0.1, 0.15) is 5.69 Å². The minimum Gasteiger partial charge on any atom is -0.318 e. The number of urea groups is 1. The van der Waals surface area contributed by atoms with Gasteiger partial charge in [-0.05, 0) is 6.92 Å². The predicted molar refractivity (Wildman–Crippen MR) is 54.6 cm³/mol. The van der Waals surface area contributed by atoms with E-state index < -0.39 is 18.8 Å². The lowest BCUT2D eigenvalue weighted by atomic mass is 10.5. The molecule has 0 aliphatic heterocycles. The minimum absolute atomic E-state index is 0.288. The number of alkyl halides is 3. The Balaban J connectivity index is 2.52. The molecule has 1 heterocycles. The third-order valence-corrected chi connectivity index (χ3v) is 2.47. The Hall–Kier alpha value is -1.31. The number of aryl methyl sites for hydroxylation is 1. The number of rotatable bonds is 2. The van der Waals surface area contributed by atoms with E-state index in [0.29, 0.717) is 10.6 Å². The van der Waals surface area contributed by atoms with Crippen molar-refractivity contribution in [2.75, 3.05) is 18.9 Å². The molecule has 1 aromatic rings. The summed E-state index contributed by atoms with van der Waals surface area (Å²) in [5.41, 5.74) is 0.707. The van der Waals surface area contributed by atoms with Gasteiger partial charge in [0.2, 0.25) is 0 Å². The second-order valence-corrected chi connectivity index (χ2v) is 4.05. The summed E-state index contributed by atoms with van der Waals surface area (Å²) in [5, 5.41) is 4.26. The predicted octanol–water partition coefficient (Wildman–Crippen LogP) is 2.48. The zero-order valence-electron chi connectivity index (χ0n) is 8.63. The van der Waals surface area contributed by atoms with Gasteiger partial charge in [-0.25, -0.2) is 9.78 Å². The summed E-state index contributed by atoms with van der Waals surface area (Å²) in [5.74, 6) is 0. The summed E-state index contributed by atoms with van der Waals surface area (Å²) in [7, 11) is 1.07. The van der Waals surface area contributed by atoms with Gasteiger partial charge in [0.15, 0.2) is 5.13 Å². The lowest BCUT2D eigenvalue weighted by Gasteiger charge is -2.18. The van der Waals surface area contributed by atoms with Crippen molar-refractivity contribution in [3.8, 4) is 0 Å². The van der Waals surface area contributed by atoms with Crippen LogP contribution in [0, 0.1) is 6.92 Å². The Morgan fingerprint density at radius 3 is 2.69 bits per heavy atom. The fourth-order valence-corrected chi connectivity index (χ4v) is 1.62. The molecule has 0 saturated heterocycles. The van der Waals surface area contributed by atoms with E-state index in [4.69, 9.17) is 0 Å². The Morgan fingerprint density at radius 1 is 1.62 bits per heavy atom. The van der Waals surface area contributed by atoms with Gasteiger partial charge in [-0.2, -0.15) is 13.2 Å². The molecular formula is C8H10F3N3OS. The molecule has 0 aliphatic rings. The molecule has 8 heteroatoms. The van der Waals surface area contributed by atoms with Crippen molar-refractivity contribution in [3.63, 3.8) is 0 Å². The second-order valence-electron chi connectivity index (χ2n) is 3.20. The van der Waals surface area contributed by atoms with Gasteiger partial charge in [-0.15, -0.1) is 11.3 Å². The fraction of sp³-hybridized carbons (Fsp3) is 0.500. The molecule has 1 N–H and O–H groups in total. The number of thiazole rings is 1. The summed E-state index contributed by atoms with van der Waals surface area (Å²) in [6.45, 7) is 0.439. The van der Waals surface area contributed by atoms with E-state index in [2.05, 4.69) is 10.3 Å². The summed E-state index contributed by atoms with van der Waals surface area (Å²) in [4.78, 5) is 15.7. The molecule has 0 radical (unpaired) electrons. The largest absolute Gasteiger partial charge is 0.406 e. The molecule has 0 fully saturated rings. The number of carbonyl (C=O) groups excluding carboxylic acids is 1. The van der Waals surface area contributed by atoms with Gasteiger partial charge in [0.1, 0.15) is 6.54 Å². The van der Waals surface area contributed by atoms with Crippen molar-refractivity contribution in [1.82, 2.24) is 9.88 Å². The molecule has 1 rings (SSSR count). The van der Waals surface area contributed by atoms with Crippen molar-refractivity contribution >= 4 is 22.5 Å². The van der Waals surface area contributed by atoms with Crippen LogP contribution in [0.5, 0.6) is 0 Å². The van der Waals surface area contributed by atoms with Crippen LogP contribution in [-0.2, 0) is 0 Å². The molecule has 16 heavy (non-hydrogen) atoms. The molecule has 0 unspecified atom stereocenters. The molecule has 2 amide bonds. The number of amides is 2. The number of aromatic nitrogens is 1. The zero-order valence-corrected chi connectivity index (χ0v) is 9.45.